The van der Waals surface area contributed by atoms with Gasteiger partial charge in [-0.25, -0.2) is 8.78 Å². The summed E-state index contributed by atoms with van der Waals surface area (Å²) in [6.45, 7) is 1.40. The van der Waals surface area contributed by atoms with Gasteiger partial charge in [0, 0.05) is 5.56 Å². The number of aldehydes is 1. The van der Waals surface area contributed by atoms with Gasteiger partial charge in [0.05, 0.1) is 0 Å². The van der Waals surface area contributed by atoms with E-state index in [-0.39, 0.29) is 17.4 Å². The number of rotatable bonds is 2. The summed E-state index contributed by atoms with van der Waals surface area (Å²) < 4.78 is 25.9. The van der Waals surface area contributed by atoms with Crippen molar-refractivity contribution in [1.29, 1.82) is 0 Å². The number of aliphatic hydroxyl groups excluding tert-OH is 1. The van der Waals surface area contributed by atoms with E-state index < -0.39 is 17.7 Å². The van der Waals surface area contributed by atoms with Crippen LogP contribution in [0.2, 0.25) is 0 Å². The predicted octanol–water partition coefficient (Wildman–Crippen LogP) is 1.51. The molecule has 0 bridgehead atoms. The third-order valence-electron chi connectivity index (χ3n) is 1.75. The molecule has 0 amide bonds. The fraction of sp³-hybridized carbons (Fsp3) is 0.222. The van der Waals surface area contributed by atoms with Crippen LogP contribution in [0.4, 0.5) is 8.78 Å². The molecular formula is C9H8F2O2. The fourth-order valence-electron chi connectivity index (χ4n) is 0.963. The molecule has 0 aliphatic heterocycles. The number of aliphatic hydroxyl groups is 1. The van der Waals surface area contributed by atoms with Crippen LogP contribution in [-0.2, 0) is 4.79 Å². The van der Waals surface area contributed by atoms with E-state index in [1.165, 1.54) is 19.1 Å². The average Bonchev–Trinajstić information content (AvgIpc) is 2.13. The number of carbonyl (C=O) groups is 1. The highest BCUT2D eigenvalue weighted by Crippen LogP contribution is 2.20. The second kappa shape index (κ2) is 3.62. The molecular weight excluding hydrogens is 178 g/mol. The van der Waals surface area contributed by atoms with E-state index in [1.807, 2.05) is 0 Å². The van der Waals surface area contributed by atoms with E-state index in [2.05, 4.69) is 0 Å². The van der Waals surface area contributed by atoms with Gasteiger partial charge in [0.1, 0.15) is 6.10 Å². The van der Waals surface area contributed by atoms with Gasteiger partial charge in [-0.15, -0.1) is 0 Å². The second-order valence-electron chi connectivity index (χ2n) is 2.68. The molecule has 4 heteroatoms. The minimum absolute atomic E-state index is 0.138. The smallest absolute Gasteiger partial charge is 0.165 e. The maximum Gasteiger partial charge on any atom is 0.165 e. The third-order valence-corrected chi connectivity index (χ3v) is 1.75. The molecule has 1 atom stereocenters. The van der Waals surface area contributed by atoms with Gasteiger partial charge in [0.25, 0.3) is 0 Å². The second-order valence-corrected chi connectivity index (χ2v) is 2.68. The fourth-order valence-corrected chi connectivity index (χ4v) is 0.963. The van der Waals surface area contributed by atoms with E-state index in [9.17, 15) is 13.6 Å². The molecule has 2 nitrogen and oxygen atoms in total. The molecule has 0 saturated heterocycles. The number of aryl methyl sites for hydroxylation is 1. The Bertz CT molecular complexity index is 337. The molecule has 0 aliphatic rings. The quantitative estimate of drug-likeness (QED) is 0.711. The van der Waals surface area contributed by atoms with Crippen molar-refractivity contribution in [3.8, 4) is 0 Å². The maximum atomic E-state index is 13.0. The molecule has 0 fully saturated rings. The zero-order valence-corrected chi connectivity index (χ0v) is 6.92. The Labute approximate surface area is 73.8 Å². The van der Waals surface area contributed by atoms with Crippen LogP contribution < -0.4 is 0 Å². The van der Waals surface area contributed by atoms with E-state index >= 15 is 0 Å². The van der Waals surface area contributed by atoms with Gasteiger partial charge in [0.15, 0.2) is 17.9 Å². The highest BCUT2D eigenvalue weighted by Gasteiger charge is 2.16. The zero-order valence-electron chi connectivity index (χ0n) is 6.92. The molecule has 0 radical (unpaired) electrons. The summed E-state index contributed by atoms with van der Waals surface area (Å²) in [6.07, 6.45) is -1.46. The van der Waals surface area contributed by atoms with Gasteiger partial charge < -0.3 is 9.90 Å². The molecule has 0 heterocycles. The molecule has 1 aromatic rings. The molecule has 70 valence electrons. The van der Waals surface area contributed by atoms with Crippen LogP contribution in [0.3, 0.4) is 0 Å². The van der Waals surface area contributed by atoms with Crippen molar-refractivity contribution in [3.63, 3.8) is 0 Å². The van der Waals surface area contributed by atoms with Crippen molar-refractivity contribution in [2.45, 2.75) is 13.0 Å². The summed E-state index contributed by atoms with van der Waals surface area (Å²) in [5, 5.41) is 8.95. The van der Waals surface area contributed by atoms with Crippen LogP contribution in [0.15, 0.2) is 12.1 Å². The zero-order chi connectivity index (χ0) is 10.0. The number of hydrogen-bond donors (Lipinski definition) is 1. The third kappa shape index (κ3) is 1.72. The van der Waals surface area contributed by atoms with Crippen molar-refractivity contribution in [3.05, 3.63) is 34.9 Å². The van der Waals surface area contributed by atoms with Crippen LogP contribution in [-0.4, -0.2) is 11.4 Å². The first-order chi connectivity index (χ1) is 6.07. The molecule has 1 N–H and O–H groups in total. The first-order valence-electron chi connectivity index (χ1n) is 3.65. The Morgan fingerprint density at radius 1 is 1.38 bits per heavy atom. The van der Waals surface area contributed by atoms with Crippen LogP contribution in [0, 0.1) is 18.6 Å². The molecule has 0 aliphatic carbocycles. The Morgan fingerprint density at radius 3 is 2.54 bits per heavy atom. The largest absolute Gasteiger partial charge is 0.381 e. The van der Waals surface area contributed by atoms with Crippen LogP contribution >= 0.6 is 0 Å². The highest BCUT2D eigenvalue weighted by atomic mass is 19.2. The summed E-state index contributed by atoms with van der Waals surface area (Å²) >= 11 is 0. The summed E-state index contributed by atoms with van der Waals surface area (Å²) in [6, 6.07) is 2.49. The molecule has 0 spiro atoms. The molecule has 0 saturated carbocycles. The van der Waals surface area contributed by atoms with Crippen molar-refractivity contribution < 1.29 is 18.7 Å². The lowest BCUT2D eigenvalue weighted by molar-refractivity contribution is -0.115. The molecule has 1 rings (SSSR count). The van der Waals surface area contributed by atoms with Gasteiger partial charge in [-0.2, -0.15) is 0 Å². The van der Waals surface area contributed by atoms with E-state index in [0.717, 1.165) is 0 Å². The Morgan fingerprint density at radius 2 is 2.00 bits per heavy atom. The van der Waals surface area contributed by atoms with E-state index in [0.29, 0.717) is 0 Å². The molecule has 1 aromatic carbocycles. The topological polar surface area (TPSA) is 37.3 Å². The van der Waals surface area contributed by atoms with Gasteiger partial charge in [-0.3, -0.25) is 0 Å². The van der Waals surface area contributed by atoms with Gasteiger partial charge >= 0.3 is 0 Å². The Hall–Kier alpha value is -1.29. The van der Waals surface area contributed by atoms with Crippen LogP contribution in [0.25, 0.3) is 0 Å². The van der Waals surface area contributed by atoms with Crippen LogP contribution in [0.1, 0.15) is 17.2 Å². The Kier molecular flexibility index (Phi) is 2.72. The van der Waals surface area contributed by atoms with E-state index in [4.69, 9.17) is 5.11 Å². The molecule has 0 aromatic heterocycles. The first-order valence-corrected chi connectivity index (χ1v) is 3.65. The van der Waals surface area contributed by atoms with Crippen molar-refractivity contribution >= 4 is 6.29 Å². The standard InChI is InChI=1S/C9H8F2O2/c1-5-2-3-6(7(13)4-12)9(11)8(5)10/h2-4,7,13H,1H3. The number of benzene rings is 1. The minimum atomic E-state index is -1.60. The maximum absolute atomic E-state index is 13.0. The number of carbonyl (C=O) groups excluding carboxylic acids is 1. The van der Waals surface area contributed by atoms with Crippen molar-refractivity contribution in [1.82, 2.24) is 0 Å². The van der Waals surface area contributed by atoms with Crippen molar-refractivity contribution in [2.24, 2.45) is 0 Å². The summed E-state index contributed by atoms with van der Waals surface area (Å²) in [4.78, 5) is 10.1. The Balaban J connectivity index is 3.25. The lowest BCUT2D eigenvalue weighted by Crippen LogP contribution is -2.04. The lowest BCUT2D eigenvalue weighted by atomic mass is 10.1. The minimum Gasteiger partial charge on any atom is -0.381 e. The monoisotopic (exact) mass is 186 g/mol. The predicted molar refractivity (Wildman–Crippen MR) is 42.1 cm³/mol. The first kappa shape index (κ1) is 9.80. The summed E-state index contributed by atoms with van der Waals surface area (Å²) in [5.74, 6) is -2.20. The highest BCUT2D eigenvalue weighted by molar-refractivity contribution is 5.59. The lowest BCUT2D eigenvalue weighted by Gasteiger charge is -2.06. The summed E-state index contributed by atoms with van der Waals surface area (Å²) in [5.41, 5.74) is -0.197. The summed E-state index contributed by atoms with van der Waals surface area (Å²) in [7, 11) is 0. The number of hydrogen-bond acceptors (Lipinski definition) is 2. The molecule has 13 heavy (non-hydrogen) atoms. The van der Waals surface area contributed by atoms with Crippen LogP contribution in [0.5, 0.6) is 0 Å². The molecule has 1 unspecified atom stereocenters. The van der Waals surface area contributed by atoms with Gasteiger partial charge in [0.2, 0.25) is 0 Å². The average molecular weight is 186 g/mol. The number of halogens is 2. The van der Waals surface area contributed by atoms with Crippen molar-refractivity contribution in [2.75, 3.05) is 0 Å². The van der Waals surface area contributed by atoms with E-state index in [1.54, 1.807) is 0 Å². The SMILES string of the molecule is Cc1ccc(C(O)C=O)c(F)c1F. The van der Waals surface area contributed by atoms with Gasteiger partial charge in [-0.05, 0) is 12.5 Å². The van der Waals surface area contributed by atoms with Gasteiger partial charge in [-0.1, -0.05) is 12.1 Å². The normalized spacial score (nSPS) is 12.6.